The molecule has 0 unspecified atom stereocenters. The van der Waals surface area contributed by atoms with Gasteiger partial charge in [-0.2, -0.15) is 5.10 Å². The van der Waals surface area contributed by atoms with E-state index in [0.29, 0.717) is 28.4 Å². The van der Waals surface area contributed by atoms with Crippen LogP contribution in [0.25, 0.3) is 11.1 Å². The number of methoxy groups -OCH3 is 2. The number of anilines is 2. The zero-order chi connectivity index (χ0) is 22.1. The summed E-state index contributed by atoms with van der Waals surface area (Å²) in [5, 5.41) is 9.52. The number of rotatable bonds is 5. The first kappa shape index (κ1) is 20.3. The van der Waals surface area contributed by atoms with Gasteiger partial charge in [0, 0.05) is 17.3 Å². The molecule has 0 saturated carbocycles. The van der Waals surface area contributed by atoms with Gasteiger partial charge >= 0.3 is 0 Å². The maximum atomic E-state index is 13.5. The monoisotopic (exact) mass is 428 g/mol. The minimum Gasteiger partial charge on any atom is -0.493 e. The molecule has 10 heteroatoms. The average Bonchev–Trinajstić information content (AvgIpc) is 3.18. The van der Waals surface area contributed by atoms with Gasteiger partial charge in [-0.25, -0.2) is 13.5 Å². The summed E-state index contributed by atoms with van der Waals surface area (Å²) in [6.07, 6.45) is 1.37. The number of benzene rings is 2. The van der Waals surface area contributed by atoms with Gasteiger partial charge in [-0.3, -0.25) is 9.59 Å². The molecule has 0 radical (unpaired) electrons. The maximum Gasteiger partial charge on any atom is 0.249 e. The van der Waals surface area contributed by atoms with E-state index in [4.69, 9.17) is 9.47 Å². The fourth-order valence-electron chi connectivity index (χ4n) is 3.39. The molecule has 0 saturated heterocycles. The molecule has 0 bridgehead atoms. The molecule has 3 aromatic rings. The zero-order valence-corrected chi connectivity index (χ0v) is 16.6. The molecule has 2 aromatic carbocycles. The van der Waals surface area contributed by atoms with Crippen molar-refractivity contribution in [1.29, 1.82) is 0 Å². The lowest BCUT2D eigenvalue weighted by molar-refractivity contribution is -0.125. The van der Waals surface area contributed by atoms with Crippen LogP contribution in [0.4, 0.5) is 20.3 Å². The second-order valence-electron chi connectivity index (χ2n) is 6.81. The van der Waals surface area contributed by atoms with Gasteiger partial charge in [0.25, 0.3) is 0 Å². The summed E-state index contributed by atoms with van der Waals surface area (Å²) in [7, 11) is 3.03. The van der Waals surface area contributed by atoms with Crippen LogP contribution >= 0.6 is 0 Å². The Labute approximate surface area is 175 Å². The molecule has 2 heterocycles. The van der Waals surface area contributed by atoms with Crippen molar-refractivity contribution in [1.82, 2.24) is 9.78 Å². The summed E-state index contributed by atoms with van der Waals surface area (Å²) in [5.74, 6) is -1.69. The van der Waals surface area contributed by atoms with E-state index in [9.17, 15) is 18.4 Å². The first-order valence-corrected chi connectivity index (χ1v) is 9.27. The number of halogens is 2. The third-order valence-corrected chi connectivity index (χ3v) is 4.91. The zero-order valence-electron chi connectivity index (χ0n) is 16.6. The Morgan fingerprint density at radius 1 is 1.13 bits per heavy atom. The van der Waals surface area contributed by atoms with Gasteiger partial charge in [-0.15, -0.1) is 0 Å². The van der Waals surface area contributed by atoms with E-state index in [1.54, 1.807) is 18.2 Å². The molecule has 31 heavy (non-hydrogen) atoms. The van der Waals surface area contributed by atoms with Crippen LogP contribution in [0.5, 0.6) is 11.5 Å². The van der Waals surface area contributed by atoms with E-state index in [2.05, 4.69) is 15.7 Å². The topological polar surface area (TPSA) is 94.5 Å². The summed E-state index contributed by atoms with van der Waals surface area (Å²) in [6.45, 7) is 0. The van der Waals surface area contributed by atoms with Crippen molar-refractivity contribution in [3.63, 3.8) is 0 Å². The molecule has 2 N–H and O–H groups in total. The first-order chi connectivity index (χ1) is 14.9. The van der Waals surface area contributed by atoms with Crippen molar-refractivity contribution in [3.05, 3.63) is 54.2 Å². The van der Waals surface area contributed by atoms with Crippen LogP contribution in [0.3, 0.4) is 0 Å². The Hall–Kier alpha value is -3.95. The third kappa shape index (κ3) is 3.79. The molecule has 4 rings (SSSR count). The molecule has 8 nitrogen and oxygen atoms in total. The Bertz CT molecular complexity index is 1180. The second-order valence-corrected chi connectivity index (χ2v) is 6.81. The predicted octanol–water partition coefficient (Wildman–Crippen LogP) is 3.37. The van der Waals surface area contributed by atoms with Crippen LogP contribution in [0.15, 0.2) is 42.6 Å². The number of carbonyl (C=O) groups excluding carboxylic acids is 2. The second kappa shape index (κ2) is 8.05. The van der Waals surface area contributed by atoms with E-state index >= 15 is 0 Å². The number of aromatic nitrogens is 2. The lowest BCUT2D eigenvalue weighted by Crippen LogP contribution is -2.35. The summed E-state index contributed by atoms with van der Waals surface area (Å²) < 4.78 is 38.5. The fraction of sp³-hybridized carbons (Fsp3) is 0.190. The van der Waals surface area contributed by atoms with Crippen molar-refractivity contribution >= 4 is 23.3 Å². The Morgan fingerprint density at radius 2 is 1.90 bits per heavy atom. The molecule has 0 fully saturated rings. The van der Waals surface area contributed by atoms with Crippen LogP contribution in [-0.2, 0) is 9.59 Å². The van der Waals surface area contributed by atoms with E-state index in [1.807, 2.05) is 0 Å². The van der Waals surface area contributed by atoms with Crippen molar-refractivity contribution in [2.24, 2.45) is 0 Å². The van der Waals surface area contributed by atoms with Gasteiger partial charge in [-0.1, -0.05) is 6.07 Å². The van der Waals surface area contributed by atoms with Crippen LogP contribution in [0.2, 0.25) is 0 Å². The normalized spacial score (nSPS) is 15.1. The van der Waals surface area contributed by atoms with Gasteiger partial charge in [0.15, 0.2) is 23.1 Å². The van der Waals surface area contributed by atoms with Gasteiger partial charge in [0.1, 0.15) is 11.9 Å². The highest BCUT2D eigenvalue weighted by molar-refractivity contribution is 6.03. The molecular formula is C21H18F2N4O4. The van der Waals surface area contributed by atoms with E-state index in [-0.39, 0.29) is 18.0 Å². The summed E-state index contributed by atoms with van der Waals surface area (Å²) in [5.41, 5.74) is 1.35. The Balaban J connectivity index is 1.66. The molecule has 1 aliphatic rings. The summed E-state index contributed by atoms with van der Waals surface area (Å²) in [6, 6.07) is 7.27. The molecule has 1 atom stereocenters. The predicted molar refractivity (Wildman–Crippen MR) is 108 cm³/mol. The largest absolute Gasteiger partial charge is 0.493 e. The van der Waals surface area contributed by atoms with Crippen molar-refractivity contribution in [2.45, 2.75) is 12.5 Å². The number of ether oxygens (including phenoxy) is 2. The summed E-state index contributed by atoms with van der Waals surface area (Å²) >= 11 is 0. The van der Waals surface area contributed by atoms with Gasteiger partial charge in [0.2, 0.25) is 11.8 Å². The highest BCUT2D eigenvalue weighted by atomic mass is 19.2. The minimum absolute atomic E-state index is 0.0729. The molecule has 2 amide bonds. The van der Waals surface area contributed by atoms with Crippen molar-refractivity contribution in [2.75, 3.05) is 24.9 Å². The van der Waals surface area contributed by atoms with Crippen molar-refractivity contribution in [3.8, 4) is 22.6 Å². The minimum atomic E-state index is -1.09. The fourth-order valence-corrected chi connectivity index (χ4v) is 3.39. The standard InChI is InChI=1S/C21H18F2N4O4/c1-30-17-6-3-11(7-18(17)31-2)13-10-24-27-16(9-19(28)26-20(13)27)21(29)25-12-4-5-14(22)15(23)8-12/h3-8,10,16H,9H2,1-2H3,(H,25,29)(H,26,28)/t16-/m0/s1. The lowest BCUT2D eigenvalue weighted by atomic mass is 10.1. The molecule has 1 aromatic heterocycles. The van der Waals surface area contributed by atoms with Crippen LogP contribution < -0.4 is 20.1 Å². The van der Waals surface area contributed by atoms with Crippen molar-refractivity contribution < 1.29 is 27.8 Å². The van der Waals surface area contributed by atoms with E-state index < -0.39 is 23.6 Å². The number of hydrogen-bond acceptors (Lipinski definition) is 5. The van der Waals surface area contributed by atoms with Crippen LogP contribution in [0.1, 0.15) is 12.5 Å². The number of fused-ring (bicyclic) bond motifs is 1. The average molecular weight is 428 g/mol. The van der Waals surface area contributed by atoms with Crippen LogP contribution in [0, 0.1) is 11.6 Å². The first-order valence-electron chi connectivity index (χ1n) is 9.27. The van der Waals surface area contributed by atoms with E-state index in [1.165, 1.54) is 31.2 Å². The molecule has 1 aliphatic heterocycles. The Morgan fingerprint density at radius 3 is 2.61 bits per heavy atom. The highest BCUT2D eigenvalue weighted by Gasteiger charge is 2.33. The lowest BCUT2D eigenvalue weighted by Gasteiger charge is -2.24. The maximum absolute atomic E-state index is 13.5. The molecular weight excluding hydrogens is 410 g/mol. The molecule has 0 aliphatic carbocycles. The number of nitrogens with one attached hydrogen (secondary N) is 2. The highest BCUT2D eigenvalue weighted by Crippen LogP contribution is 2.38. The van der Waals surface area contributed by atoms with Gasteiger partial charge in [-0.05, 0) is 29.8 Å². The molecule has 160 valence electrons. The molecule has 0 spiro atoms. The smallest absolute Gasteiger partial charge is 0.249 e. The van der Waals surface area contributed by atoms with Crippen LogP contribution in [-0.4, -0.2) is 35.8 Å². The van der Waals surface area contributed by atoms with Gasteiger partial charge < -0.3 is 20.1 Å². The number of hydrogen-bond donors (Lipinski definition) is 2. The Kier molecular flexibility index (Phi) is 5.28. The SMILES string of the molecule is COc1ccc(-c2cnn3c2NC(=O)C[C@H]3C(=O)Nc2ccc(F)c(F)c2)cc1OC. The quantitative estimate of drug-likeness (QED) is 0.650. The third-order valence-electron chi connectivity index (χ3n) is 4.91. The van der Waals surface area contributed by atoms with Gasteiger partial charge in [0.05, 0.1) is 26.8 Å². The summed E-state index contributed by atoms with van der Waals surface area (Å²) in [4.78, 5) is 25.1. The van der Waals surface area contributed by atoms with E-state index in [0.717, 1.165) is 12.1 Å². The number of nitrogens with zero attached hydrogens (tertiary/aromatic N) is 2. The number of amides is 2. The number of carbonyl (C=O) groups is 2.